The Morgan fingerprint density at radius 3 is 1.94 bits per heavy atom. The molecule has 0 unspecified atom stereocenters. The zero-order valence-electron chi connectivity index (χ0n) is 10.2. The van der Waals surface area contributed by atoms with E-state index in [1.807, 2.05) is 13.0 Å². The van der Waals surface area contributed by atoms with Gasteiger partial charge in [-0.05, 0) is 6.92 Å². The van der Waals surface area contributed by atoms with Crippen molar-refractivity contribution in [3.8, 4) is 11.5 Å². The van der Waals surface area contributed by atoms with Crippen LogP contribution in [-0.2, 0) is 0 Å². The summed E-state index contributed by atoms with van der Waals surface area (Å²) in [5.74, 6) is 1.05. The Kier molecular flexibility index (Phi) is 4.97. The molecule has 0 amide bonds. The first kappa shape index (κ1) is 14.0. The fourth-order valence-electron chi connectivity index (χ4n) is 1.54. The Morgan fingerprint density at radius 2 is 1.65 bits per heavy atom. The second kappa shape index (κ2) is 6.03. The lowest BCUT2D eigenvalue weighted by atomic mass is 10.1. The molecule has 1 N–H and O–H groups in total. The van der Waals surface area contributed by atoms with Crippen LogP contribution in [0, 0.1) is 0 Å². The molecule has 0 aliphatic carbocycles. The summed E-state index contributed by atoms with van der Waals surface area (Å²) in [6.07, 6.45) is 1.88. The quantitative estimate of drug-likeness (QED) is 0.911. The molecule has 0 saturated heterocycles. The van der Waals surface area contributed by atoms with Gasteiger partial charge in [-0.1, -0.05) is 29.3 Å². The number of hydrogen-bond acceptors (Lipinski definition) is 3. The van der Waals surface area contributed by atoms with E-state index in [0.29, 0.717) is 27.1 Å². The maximum absolute atomic E-state index is 6.25. The average Bonchev–Trinajstić information content (AvgIpc) is 2.35. The van der Waals surface area contributed by atoms with Crippen molar-refractivity contribution in [1.29, 1.82) is 0 Å². The lowest BCUT2D eigenvalue weighted by Crippen LogP contribution is -2.06. The number of allylic oxidation sites excluding steroid dienone is 1. The third kappa shape index (κ3) is 2.61. The molecule has 94 valence electrons. The van der Waals surface area contributed by atoms with Crippen molar-refractivity contribution < 1.29 is 9.47 Å². The van der Waals surface area contributed by atoms with Crippen LogP contribution >= 0.6 is 23.2 Å². The van der Waals surface area contributed by atoms with Gasteiger partial charge in [-0.25, -0.2) is 0 Å². The topological polar surface area (TPSA) is 30.5 Å². The van der Waals surface area contributed by atoms with Crippen molar-refractivity contribution in [3.63, 3.8) is 0 Å². The van der Waals surface area contributed by atoms with E-state index in [0.717, 1.165) is 5.70 Å². The number of methoxy groups -OCH3 is 2. The van der Waals surface area contributed by atoms with Gasteiger partial charge in [0.15, 0.2) is 0 Å². The minimum absolute atomic E-state index is 0.459. The third-order valence-electron chi connectivity index (χ3n) is 2.40. The Hall–Kier alpha value is -1.06. The first-order valence-electron chi connectivity index (χ1n) is 5.05. The summed E-state index contributed by atoms with van der Waals surface area (Å²) in [4.78, 5) is 0. The number of benzene rings is 1. The monoisotopic (exact) mass is 275 g/mol. The minimum Gasteiger partial charge on any atom is -0.495 e. The standard InChI is InChI=1S/C12H15Cl2NO2/c1-5-7(15-2)10-11(13)8(16-3)6-9(17-4)12(10)14/h5-6,15H,1-4H3/b7-5-. The number of rotatable bonds is 4. The summed E-state index contributed by atoms with van der Waals surface area (Å²) in [5, 5.41) is 3.95. The maximum atomic E-state index is 6.25. The molecule has 0 aliphatic rings. The zero-order valence-corrected chi connectivity index (χ0v) is 11.7. The highest BCUT2D eigenvalue weighted by atomic mass is 35.5. The lowest BCUT2D eigenvalue weighted by Gasteiger charge is -2.16. The normalized spacial score (nSPS) is 11.3. The smallest absolute Gasteiger partial charge is 0.141 e. The van der Waals surface area contributed by atoms with Crippen molar-refractivity contribution in [1.82, 2.24) is 5.32 Å². The Labute approximate surface area is 111 Å². The van der Waals surface area contributed by atoms with E-state index < -0.39 is 0 Å². The van der Waals surface area contributed by atoms with Crippen LogP contribution in [0.3, 0.4) is 0 Å². The molecule has 5 heteroatoms. The van der Waals surface area contributed by atoms with Gasteiger partial charge in [0.05, 0.1) is 24.3 Å². The molecule has 1 aromatic rings. The molecule has 3 nitrogen and oxygen atoms in total. The van der Waals surface area contributed by atoms with Gasteiger partial charge in [0.25, 0.3) is 0 Å². The second-order valence-corrected chi connectivity index (χ2v) is 3.99. The Morgan fingerprint density at radius 1 is 1.18 bits per heavy atom. The Balaban J connectivity index is 3.56. The highest BCUT2D eigenvalue weighted by Crippen LogP contribution is 2.42. The van der Waals surface area contributed by atoms with Gasteiger partial charge in [0.1, 0.15) is 11.5 Å². The van der Waals surface area contributed by atoms with Crippen molar-refractivity contribution >= 4 is 28.9 Å². The van der Waals surface area contributed by atoms with E-state index in [9.17, 15) is 0 Å². The summed E-state index contributed by atoms with van der Waals surface area (Å²) in [6, 6.07) is 1.66. The van der Waals surface area contributed by atoms with Crippen molar-refractivity contribution in [2.45, 2.75) is 6.92 Å². The van der Waals surface area contributed by atoms with Crippen molar-refractivity contribution in [3.05, 3.63) is 27.8 Å². The fraction of sp³-hybridized carbons (Fsp3) is 0.333. The van der Waals surface area contributed by atoms with E-state index in [2.05, 4.69) is 5.32 Å². The molecule has 0 aromatic heterocycles. The number of hydrogen-bond donors (Lipinski definition) is 1. The van der Waals surface area contributed by atoms with Gasteiger partial charge in [-0.15, -0.1) is 0 Å². The zero-order chi connectivity index (χ0) is 13.0. The summed E-state index contributed by atoms with van der Waals surface area (Å²) >= 11 is 12.5. The molecule has 0 saturated carbocycles. The predicted octanol–water partition coefficient (Wildman–Crippen LogP) is 3.59. The van der Waals surface area contributed by atoms with Crippen LogP contribution in [0.5, 0.6) is 11.5 Å². The minimum atomic E-state index is 0.459. The van der Waals surface area contributed by atoms with Crippen LogP contribution in [0.1, 0.15) is 12.5 Å². The lowest BCUT2D eigenvalue weighted by molar-refractivity contribution is 0.394. The van der Waals surface area contributed by atoms with E-state index in [4.69, 9.17) is 32.7 Å². The van der Waals surface area contributed by atoms with Crippen LogP contribution in [0.15, 0.2) is 12.1 Å². The summed E-state index contributed by atoms with van der Waals surface area (Å²) in [6.45, 7) is 1.89. The molecule has 0 spiro atoms. The van der Waals surface area contributed by atoms with Gasteiger partial charge in [0.2, 0.25) is 0 Å². The predicted molar refractivity (Wildman–Crippen MR) is 72.3 cm³/mol. The Bertz CT molecular complexity index is 416. The van der Waals surface area contributed by atoms with Gasteiger partial charge in [-0.2, -0.15) is 0 Å². The van der Waals surface area contributed by atoms with Gasteiger partial charge in [0, 0.05) is 24.4 Å². The molecule has 0 atom stereocenters. The molecule has 0 heterocycles. The summed E-state index contributed by atoms with van der Waals surface area (Å²) in [7, 11) is 4.90. The molecular weight excluding hydrogens is 261 g/mol. The largest absolute Gasteiger partial charge is 0.495 e. The van der Waals surface area contributed by atoms with E-state index in [1.165, 1.54) is 0 Å². The maximum Gasteiger partial charge on any atom is 0.141 e. The first-order valence-corrected chi connectivity index (χ1v) is 5.80. The number of ether oxygens (including phenoxy) is 2. The van der Waals surface area contributed by atoms with Crippen molar-refractivity contribution in [2.24, 2.45) is 0 Å². The molecule has 0 fully saturated rings. The summed E-state index contributed by atoms with van der Waals surface area (Å²) in [5.41, 5.74) is 1.49. The van der Waals surface area contributed by atoms with E-state index in [-0.39, 0.29) is 0 Å². The van der Waals surface area contributed by atoms with Gasteiger partial charge < -0.3 is 14.8 Å². The third-order valence-corrected chi connectivity index (χ3v) is 3.15. The van der Waals surface area contributed by atoms with Gasteiger partial charge in [-0.3, -0.25) is 0 Å². The highest BCUT2D eigenvalue weighted by molar-refractivity contribution is 6.39. The van der Waals surface area contributed by atoms with Crippen LogP contribution in [0.25, 0.3) is 5.70 Å². The molecular formula is C12H15Cl2NO2. The van der Waals surface area contributed by atoms with Gasteiger partial charge >= 0.3 is 0 Å². The second-order valence-electron chi connectivity index (χ2n) is 3.24. The van der Waals surface area contributed by atoms with Crippen molar-refractivity contribution in [2.75, 3.05) is 21.3 Å². The molecule has 0 radical (unpaired) electrons. The summed E-state index contributed by atoms with van der Waals surface area (Å²) < 4.78 is 10.4. The average molecular weight is 276 g/mol. The first-order chi connectivity index (χ1) is 8.10. The van der Waals surface area contributed by atoms with Crippen LogP contribution in [0.2, 0.25) is 10.0 Å². The molecule has 17 heavy (non-hydrogen) atoms. The van der Waals surface area contributed by atoms with E-state index >= 15 is 0 Å². The van der Waals surface area contributed by atoms with E-state index in [1.54, 1.807) is 27.3 Å². The number of halogens is 2. The molecule has 1 aromatic carbocycles. The SMILES string of the molecule is C/C=C(\NC)c1c(Cl)c(OC)cc(OC)c1Cl. The van der Waals surface area contributed by atoms with Crippen LogP contribution in [0.4, 0.5) is 0 Å². The van der Waals surface area contributed by atoms with Crippen LogP contribution in [-0.4, -0.2) is 21.3 Å². The molecule has 0 aliphatic heterocycles. The fourth-order valence-corrected chi connectivity index (χ4v) is 2.24. The highest BCUT2D eigenvalue weighted by Gasteiger charge is 2.19. The van der Waals surface area contributed by atoms with Crippen LogP contribution < -0.4 is 14.8 Å². The number of nitrogens with one attached hydrogen (secondary N) is 1. The molecule has 1 rings (SSSR count). The molecule has 0 bridgehead atoms.